The number of piperazine rings is 1. The highest BCUT2D eigenvalue weighted by atomic mass is 16.5. The summed E-state index contributed by atoms with van der Waals surface area (Å²) in [6, 6.07) is 8.55. The predicted octanol–water partition coefficient (Wildman–Crippen LogP) is 1.65. The fourth-order valence-corrected chi connectivity index (χ4v) is 2.79. The Balaban J connectivity index is 2.00. The molecule has 1 aliphatic heterocycles. The van der Waals surface area contributed by atoms with Crippen LogP contribution in [0, 0.1) is 0 Å². The number of ether oxygens (including phenoxy) is 1. The normalized spacial score (nSPS) is 16.0. The highest BCUT2D eigenvalue weighted by molar-refractivity contribution is 5.64. The number of rotatable bonds is 3. The molecule has 0 unspecified atom stereocenters. The third-order valence-electron chi connectivity index (χ3n) is 4.10. The van der Waals surface area contributed by atoms with Crippen LogP contribution in [-0.4, -0.2) is 60.0 Å². The fraction of sp³-hybridized carbons (Fsp3) is 0.375. The fourth-order valence-electron chi connectivity index (χ4n) is 2.79. The first-order chi connectivity index (χ1) is 10.6. The maximum Gasteiger partial charge on any atom is 0.198 e. The third-order valence-corrected chi connectivity index (χ3v) is 4.10. The van der Waals surface area contributed by atoms with Crippen LogP contribution >= 0.6 is 0 Å². The van der Waals surface area contributed by atoms with Gasteiger partial charge in [0.15, 0.2) is 11.8 Å². The summed E-state index contributed by atoms with van der Waals surface area (Å²) in [6.45, 7) is 3.82. The standard InChI is InChI=1S/C16H21N3O3/c1-17-7-9-18(10-8-17)13-11-12(3-4-14(13)22-2)19-15(20)5-6-16(19)21/h3-6,11,20-21H,7-10H2,1-2H3. The molecule has 1 saturated heterocycles. The van der Waals surface area contributed by atoms with Crippen molar-refractivity contribution >= 4 is 5.69 Å². The Morgan fingerprint density at radius 1 is 0.955 bits per heavy atom. The zero-order chi connectivity index (χ0) is 15.7. The molecule has 0 saturated carbocycles. The average molecular weight is 303 g/mol. The lowest BCUT2D eigenvalue weighted by atomic mass is 10.2. The molecular weight excluding hydrogens is 282 g/mol. The van der Waals surface area contributed by atoms with Crippen molar-refractivity contribution in [1.82, 2.24) is 9.47 Å². The number of aromatic nitrogens is 1. The molecule has 1 fully saturated rings. The average Bonchev–Trinajstić information content (AvgIpc) is 2.86. The summed E-state index contributed by atoms with van der Waals surface area (Å²) in [4.78, 5) is 4.55. The molecule has 0 amide bonds. The van der Waals surface area contributed by atoms with Gasteiger partial charge in [0.25, 0.3) is 0 Å². The number of aromatic hydroxyl groups is 2. The molecule has 0 aliphatic carbocycles. The highest BCUT2D eigenvalue weighted by Gasteiger charge is 2.19. The number of nitrogens with zero attached hydrogens (tertiary/aromatic N) is 3. The maximum absolute atomic E-state index is 9.90. The second-order valence-corrected chi connectivity index (χ2v) is 5.53. The van der Waals surface area contributed by atoms with Gasteiger partial charge in [-0.3, -0.25) is 4.57 Å². The molecule has 2 aromatic rings. The summed E-state index contributed by atoms with van der Waals surface area (Å²) in [5, 5.41) is 19.8. The van der Waals surface area contributed by atoms with Gasteiger partial charge >= 0.3 is 0 Å². The van der Waals surface area contributed by atoms with Gasteiger partial charge in [0.2, 0.25) is 0 Å². The molecule has 22 heavy (non-hydrogen) atoms. The van der Waals surface area contributed by atoms with E-state index in [-0.39, 0.29) is 11.8 Å². The van der Waals surface area contributed by atoms with Crippen LogP contribution in [-0.2, 0) is 0 Å². The molecule has 0 atom stereocenters. The number of hydrogen-bond acceptors (Lipinski definition) is 5. The summed E-state index contributed by atoms with van der Waals surface area (Å²) in [5.74, 6) is 0.804. The van der Waals surface area contributed by atoms with E-state index in [9.17, 15) is 10.2 Å². The Bertz CT molecular complexity index is 641. The quantitative estimate of drug-likeness (QED) is 0.903. The first kappa shape index (κ1) is 14.6. The first-order valence-electron chi connectivity index (χ1n) is 7.31. The molecule has 6 nitrogen and oxygen atoms in total. The Morgan fingerprint density at radius 3 is 2.18 bits per heavy atom. The number of anilines is 1. The summed E-state index contributed by atoms with van der Waals surface area (Å²) in [7, 11) is 3.76. The molecular formula is C16H21N3O3. The van der Waals surface area contributed by atoms with E-state index in [0.717, 1.165) is 37.6 Å². The van der Waals surface area contributed by atoms with E-state index in [1.807, 2.05) is 18.2 Å². The molecule has 2 N–H and O–H groups in total. The molecule has 6 heteroatoms. The molecule has 0 spiro atoms. The second-order valence-electron chi connectivity index (χ2n) is 5.53. The van der Waals surface area contributed by atoms with E-state index in [0.29, 0.717) is 5.69 Å². The molecule has 0 radical (unpaired) electrons. The first-order valence-corrected chi connectivity index (χ1v) is 7.31. The van der Waals surface area contributed by atoms with E-state index in [1.54, 1.807) is 7.11 Å². The minimum absolute atomic E-state index is 0.00648. The zero-order valence-electron chi connectivity index (χ0n) is 12.9. The lowest BCUT2D eigenvalue weighted by Gasteiger charge is -2.35. The molecule has 118 valence electrons. The lowest BCUT2D eigenvalue weighted by Crippen LogP contribution is -2.44. The van der Waals surface area contributed by atoms with Gasteiger partial charge < -0.3 is 24.7 Å². The van der Waals surface area contributed by atoms with Gasteiger partial charge in [-0.2, -0.15) is 0 Å². The van der Waals surface area contributed by atoms with E-state index in [2.05, 4.69) is 16.8 Å². The minimum Gasteiger partial charge on any atom is -0.495 e. The van der Waals surface area contributed by atoms with Crippen molar-refractivity contribution in [2.24, 2.45) is 0 Å². The van der Waals surface area contributed by atoms with Crippen LogP contribution in [0.4, 0.5) is 5.69 Å². The predicted molar refractivity (Wildman–Crippen MR) is 85.4 cm³/mol. The van der Waals surface area contributed by atoms with Gasteiger partial charge in [-0.1, -0.05) is 0 Å². The largest absolute Gasteiger partial charge is 0.495 e. The van der Waals surface area contributed by atoms with Crippen LogP contribution in [0.2, 0.25) is 0 Å². The monoisotopic (exact) mass is 303 g/mol. The van der Waals surface area contributed by atoms with Crippen LogP contribution < -0.4 is 9.64 Å². The zero-order valence-corrected chi connectivity index (χ0v) is 12.9. The Hall–Kier alpha value is -2.34. The van der Waals surface area contributed by atoms with Crippen molar-refractivity contribution in [1.29, 1.82) is 0 Å². The summed E-state index contributed by atoms with van der Waals surface area (Å²) >= 11 is 0. The minimum atomic E-state index is 0.00648. The number of methoxy groups -OCH3 is 1. The van der Waals surface area contributed by atoms with E-state index in [4.69, 9.17) is 4.74 Å². The van der Waals surface area contributed by atoms with Gasteiger partial charge in [-0.05, 0) is 25.2 Å². The summed E-state index contributed by atoms with van der Waals surface area (Å²) < 4.78 is 6.87. The van der Waals surface area contributed by atoms with Crippen LogP contribution in [0.3, 0.4) is 0 Å². The van der Waals surface area contributed by atoms with Crippen molar-refractivity contribution in [3.8, 4) is 23.2 Å². The molecule has 2 heterocycles. The molecule has 0 bridgehead atoms. The van der Waals surface area contributed by atoms with Gasteiger partial charge in [0.05, 0.1) is 18.5 Å². The topological polar surface area (TPSA) is 61.1 Å². The van der Waals surface area contributed by atoms with Crippen molar-refractivity contribution in [3.63, 3.8) is 0 Å². The lowest BCUT2D eigenvalue weighted by molar-refractivity contribution is 0.311. The van der Waals surface area contributed by atoms with E-state index < -0.39 is 0 Å². The number of likely N-dealkylation sites (N-methyl/N-ethyl adjacent to an activating group) is 1. The summed E-state index contributed by atoms with van der Waals surface area (Å²) in [6.07, 6.45) is 0. The van der Waals surface area contributed by atoms with Crippen LogP contribution in [0.25, 0.3) is 5.69 Å². The van der Waals surface area contributed by atoms with Crippen LogP contribution in [0.5, 0.6) is 17.5 Å². The Kier molecular flexibility index (Phi) is 3.85. The van der Waals surface area contributed by atoms with Gasteiger partial charge in [0.1, 0.15) is 5.75 Å². The second kappa shape index (κ2) is 5.81. The van der Waals surface area contributed by atoms with Crippen LogP contribution in [0.1, 0.15) is 0 Å². The Morgan fingerprint density at radius 2 is 1.59 bits per heavy atom. The molecule has 1 aliphatic rings. The van der Waals surface area contributed by atoms with E-state index in [1.165, 1.54) is 16.7 Å². The number of hydrogen-bond donors (Lipinski definition) is 2. The van der Waals surface area contributed by atoms with Crippen molar-refractivity contribution in [3.05, 3.63) is 30.3 Å². The Labute approximate surface area is 129 Å². The van der Waals surface area contributed by atoms with Crippen LogP contribution in [0.15, 0.2) is 30.3 Å². The van der Waals surface area contributed by atoms with Crippen molar-refractivity contribution < 1.29 is 14.9 Å². The van der Waals surface area contributed by atoms with E-state index >= 15 is 0 Å². The number of benzene rings is 1. The SMILES string of the molecule is COc1ccc(-n2c(O)ccc2O)cc1N1CCN(C)CC1. The molecule has 1 aromatic heterocycles. The van der Waals surface area contributed by atoms with Gasteiger partial charge in [0, 0.05) is 38.3 Å². The molecule has 1 aromatic carbocycles. The summed E-state index contributed by atoms with van der Waals surface area (Å²) in [5.41, 5.74) is 1.68. The van der Waals surface area contributed by atoms with Crippen molar-refractivity contribution in [2.45, 2.75) is 0 Å². The third kappa shape index (κ3) is 2.57. The van der Waals surface area contributed by atoms with Gasteiger partial charge in [-0.15, -0.1) is 0 Å². The highest BCUT2D eigenvalue weighted by Crippen LogP contribution is 2.34. The smallest absolute Gasteiger partial charge is 0.198 e. The van der Waals surface area contributed by atoms with Gasteiger partial charge in [-0.25, -0.2) is 0 Å². The van der Waals surface area contributed by atoms with Crippen molar-refractivity contribution in [2.75, 3.05) is 45.2 Å². The molecule has 3 rings (SSSR count). The maximum atomic E-state index is 9.90.